The van der Waals surface area contributed by atoms with Gasteiger partial charge in [0.15, 0.2) is 0 Å². The Labute approximate surface area is 181 Å². The van der Waals surface area contributed by atoms with Crippen LogP contribution in [0.4, 0.5) is 4.39 Å². The van der Waals surface area contributed by atoms with Crippen molar-refractivity contribution >= 4 is 5.70 Å². The van der Waals surface area contributed by atoms with E-state index in [0.29, 0.717) is 36.1 Å². The normalized spacial score (nSPS) is 13.6. The number of aromatic nitrogens is 3. The standard InChI is InChI=1S/C24H26FN5O/c1-4-16-5-6-18(21(25)9-16)20-10-22(15(2)26)29-23-14-30(8-7-19(20)23)13-17-11-27-24(31-3)28-12-17/h5-6,9-12H,2,4,7-8,13-14,26H2,1,3H3. The summed E-state index contributed by atoms with van der Waals surface area (Å²) in [5.74, 6) is -0.223. The quantitative estimate of drug-likeness (QED) is 0.656. The van der Waals surface area contributed by atoms with Crippen molar-refractivity contribution in [3.63, 3.8) is 0 Å². The van der Waals surface area contributed by atoms with Gasteiger partial charge in [-0.15, -0.1) is 0 Å². The van der Waals surface area contributed by atoms with Gasteiger partial charge in [0.05, 0.1) is 24.2 Å². The van der Waals surface area contributed by atoms with E-state index in [0.717, 1.165) is 47.3 Å². The van der Waals surface area contributed by atoms with E-state index >= 15 is 0 Å². The van der Waals surface area contributed by atoms with Crippen LogP contribution in [0.2, 0.25) is 0 Å². The van der Waals surface area contributed by atoms with E-state index in [1.165, 1.54) is 0 Å². The lowest BCUT2D eigenvalue weighted by atomic mass is 9.92. The fraction of sp³-hybridized carbons (Fsp3) is 0.292. The number of halogens is 1. The molecular weight excluding hydrogens is 393 g/mol. The molecule has 2 aromatic heterocycles. The Balaban J connectivity index is 1.67. The summed E-state index contributed by atoms with van der Waals surface area (Å²) < 4.78 is 20.0. The minimum atomic E-state index is -0.223. The number of fused-ring (bicyclic) bond motifs is 1. The topological polar surface area (TPSA) is 77.2 Å². The zero-order chi connectivity index (χ0) is 22.0. The van der Waals surface area contributed by atoms with Crippen molar-refractivity contribution in [2.45, 2.75) is 32.9 Å². The van der Waals surface area contributed by atoms with Crippen LogP contribution < -0.4 is 10.5 Å². The zero-order valence-electron chi connectivity index (χ0n) is 17.9. The van der Waals surface area contributed by atoms with Gasteiger partial charge in [-0.2, -0.15) is 0 Å². The largest absolute Gasteiger partial charge is 0.467 e. The monoisotopic (exact) mass is 419 g/mol. The molecule has 7 heteroatoms. The highest BCUT2D eigenvalue weighted by molar-refractivity contribution is 5.73. The molecule has 0 aliphatic carbocycles. The third kappa shape index (κ3) is 4.41. The number of methoxy groups -OCH3 is 1. The fourth-order valence-corrected chi connectivity index (χ4v) is 3.92. The minimum Gasteiger partial charge on any atom is -0.467 e. The van der Waals surface area contributed by atoms with E-state index in [4.69, 9.17) is 15.5 Å². The van der Waals surface area contributed by atoms with Gasteiger partial charge in [-0.3, -0.25) is 4.90 Å². The van der Waals surface area contributed by atoms with Gasteiger partial charge >= 0.3 is 6.01 Å². The first-order valence-corrected chi connectivity index (χ1v) is 10.3. The second-order valence-electron chi connectivity index (χ2n) is 7.71. The lowest BCUT2D eigenvalue weighted by Crippen LogP contribution is -2.31. The first-order valence-electron chi connectivity index (χ1n) is 10.3. The molecule has 0 radical (unpaired) electrons. The lowest BCUT2D eigenvalue weighted by molar-refractivity contribution is 0.241. The molecule has 2 N–H and O–H groups in total. The Morgan fingerprint density at radius 3 is 2.61 bits per heavy atom. The Hall–Kier alpha value is -3.32. The molecule has 1 aromatic carbocycles. The van der Waals surface area contributed by atoms with Crippen molar-refractivity contribution in [3.8, 4) is 17.1 Å². The number of hydrogen-bond donors (Lipinski definition) is 1. The summed E-state index contributed by atoms with van der Waals surface area (Å²) in [5, 5.41) is 0. The van der Waals surface area contributed by atoms with Crippen molar-refractivity contribution in [2.24, 2.45) is 5.73 Å². The SMILES string of the molecule is C=C(N)c1cc(-c2ccc(CC)cc2F)c2c(n1)CN(Cc1cnc(OC)nc1)CC2. The highest BCUT2D eigenvalue weighted by atomic mass is 19.1. The lowest BCUT2D eigenvalue weighted by Gasteiger charge is -2.30. The van der Waals surface area contributed by atoms with Crippen LogP contribution in [0.25, 0.3) is 16.8 Å². The number of pyridine rings is 1. The summed E-state index contributed by atoms with van der Waals surface area (Å²) in [5.41, 5.74) is 12.3. The molecule has 0 fully saturated rings. The van der Waals surface area contributed by atoms with Gasteiger partial charge in [0.2, 0.25) is 0 Å². The fourth-order valence-electron chi connectivity index (χ4n) is 3.92. The molecule has 0 spiro atoms. The maximum absolute atomic E-state index is 14.9. The molecule has 31 heavy (non-hydrogen) atoms. The molecule has 1 aliphatic heterocycles. The maximum atomic E-state index is 14.9. The average molecular weight is 420 g/mol. The first kappa shape index (κ1) is 20.9. The highest BCUT2D eigenvalue weighted by Crippen LogP contribution is 2.33. The molecule has 0 amide bonds. The molecule has 3 aromatic rings. The van der Waals surface area contributed by atoms with Gasteiger partial charge in [-0.25, -0.2) is 19.3 Å². The van der Waals surface area contributed by atoms with Gasteiger partial charge < -0.3 is 10.5 Å². The van der Waals surface area contributed by atoms with Crippen LogP contribution in [0, 0.1) is 5.82 Å². The van der Waals surface area contributed by atoms with Crippen molar-refractivity contribution in [2.75, 3.05) is 13.7 Å². The summed E-state index contributed by atoms with van der Waals surface area (Å²) >= 11 is 0. The zero-order valence-corrected chi connectivity index (χ0v) is 17.9. The van der Waals surface area contributed by atoms with E-state index in [1.54, 1.807) is 25.6 Å². The predicted octanol–water partition coefficient (Wildman–Crippen LogP) is 3.74. The van der Waals surface area contributed by atoms with Crippen LogP contribution in [-0.2, 0) is 25.9 Å². The van der Waals surface area contributed by atoms with Gasteiger partial charge in [0.25, 0.3) is 0 Å². The molecule has 0 saturated carbocycles. The van der Waals surface area contributed by atoms with E-state index in [1.807, 2.05) is 25.1 Å². The molecular formula is C24H26FN5O. The second-order valence-corrected chi connectivity index (χ2v) is 7.71. The molecule has 4 rings (SSSR count). The Morgan fingerprint density at radius 1 is 1.19 bits per heavy atom. The van der Waals surface area contributed by atoms with E-state index in [2.05, 4.69) is 21.4 Å². The molecule has 0 saturated heterocycles. The van der Waals surface area contributed by atoms with Crippen molar-refractivity contribution in [1.29, 1.82) is 0 Å². The summed E-state index contributed by atoms with van der Waals surface area (Å²) in [4.78, 5) is 15.4. The summed E-state index contributed by atoms with van der Waals surface area (Å²) in [6, 6.07) is 7.64. The molecule has 3 heterocycles. The van der Waals surface area contributed by atoms with Crippen LogP contribution in [0.3, 0.4) is 0 Å². The second kappa shape index (κ2) is 8.81. The van der Waals surface area contributed by atoms with Crippen LogP contribution in [0.1, 0.15) is 35.0 Å². The number of hydrogen-bond acceptors (Lipinski definition) is 6. The van der Waals surface area contributed by atoms with Gasteiger partial charge in [-0.05, 0) is 41.7 Å². The van der Waals surface area contributed by atoms with Crippen LogP contribution in [-0.4, -0.2) is 33.5 Å². The molecule has 0 bridgehead atoms. The third-order valence-corrected chi connectivity index (χ3v) is 5.59. The smallest absolute Gasteiger partial charge is 0.316 e. The summed E-state index contributed by atoms with van der Waals surface area (Å²) in [6.07, 6.45) is 5.09. The molecule has 0 atom stereocenters. The van der Waals surface area contributed by atoms with E-state index < -0.39 is 0 Å². The number of aryl methyl sites for hydroxylation is 1. The number of rotatable bonds is 6. The molecule has 160 valence electrons. The van der Waals surface area contributed by atoms with E-state index in [-0.39, 0.29) is 5.82 Å². The maximum Gasteiger partial charge on any atom is 0.316 e. The Kier molecular flexibility index (Phi) is 5.95. The molecule has 0 unspecified atom stereocenters. The molecule has 1 aliphatic rings. The van der Waals surface area contributed by atoms with Gasteiger partial charge in [-0.1, -0.05) is 25.6 Å². The van der Waals surface area contributed by atoms with Gasteiger partial charge in [0, 0.05) is 43.2 Å². The Bertz CT molecular complexity index is 1110. The van der Waals surface area contributed by atoms with Crippen molar-refractivity contribution in [3.05, 3.63) is 77.1 Å². The average Bonchev–Trinajstić information content (AvgIpc) is 2.78. The highest BCUT2D eigenvalue weighted by Gasteiger charge is 2.24. The van der Waals surface area contributed by atoms with Crippen LogP contribution in [0.5, 0.6) is 6.01 Å². The number of benzene rings is 1. The van der Waals surface area contributed by atoms with Crippen molar-refractivity contribution in [1.82, 2.24) is 19.9 Å². The number of nitrogens with zero attached hydrogens (tertiary/aromatic N) is 4. The van der Waals surface area contributed by atoms with Gasteiger partial charge in [0.1, 0.15) is 5.82 Å². The Morgan fingerprint density at radius 2 is 1.97 bits per heavy atom. The number of ether oxygens (including phenoxy) is 1. The summed E-state index contributed by atoms with van der Waals surface area (Å²) in [7, 11) is 1.54. The van der Waals surface area contributed by atoms with Crippen LogP contribution in [0.15, 0.2) is 43.2 Å². The summed E-state index contributed by atoms with van der Waals surface area (Å²) in [6.45, 7) is 8.00. The van der Waals surface area contributed by atoms with E-state index in [9.17, 15) is 4.39 Å². The predicted molar refractivity (Wildman–Crippen MR) is 119 cm³/mol. The minimum absolute atomic E-state index is 0.223. The number of nitrogens with two attached hydrogens (primary N) is 1. The first-order chi connectivity index (χ1) is 15.0. The van der Waals surface area contributed by atoms with Crippen molar-refractivity contribution < 1.29 is 9.13 Å². The molecule has 6 nitrogen and oxygen atoms in total. The van der Waals surface area contributed by atoms with Crippen LogP contribution >= 0.6 is 0 Å². The third-order valence-electron chi connectivity index (χ3n) is 5.59.